The van der Waals surface area contributed by atoms with Crippen molar-refractivity contribution in [2.45, 2.75) is 12.8 Å². The van der Waals surface area contributed by atoms with Crippen LogP contribution in [-0.4, -0.2) is 17.0 Å². The number of carbonyl (C=O) groups excluding carboxylic acids is 2. The van der Waals surface area contributed by atoms with Crippen LogP contribution in [-0.2, 0) is 16.0 Å². The Hall–Kier alpha value is -2.66. The SMILES string of the molecule is NC(=O)[C@@H](CC(=O)NO)Cc1ccc(-c2ccccc2)cc1. The second-order valence-corrected chi connectivity index (χ2v) is 5.11. The Balaban J connectivity index is 2.09. The van der Waals surface area contributed by atoms with Gasteiger partial charge in [-0.1, -0.05) is 54.6 Å². The number of hydrogen-bond acceptors (Lipinski definition) is 3. The summed E-state index contributed by atoms with van der Waals surface area (Å²) in [7, 11) is 0. The number of benzene rings is 2. The van der Waals surface area contributed by atoms with E-state index in [4.69, 9.17) is 10.9 Å². The molecule has 22 heavy (non-hydrogen) atoms. The number of amides is 2. The predicted octanol–water partition coefficient (Wildman–Crippen LogP) is 1.89. The third kappa shape index (κ3) is 4.17. The summed E-state index contributed by atoms with van der Waals surface area (Å²) in [6.07, 6.45) is 0.226. The first-order valence-electron chi connectivity index (χ1n) is 6.96. The maximum Gasteiger partial charge on any atom is 0.244 e. The van der Waals surface area contributed by atoms with Crippen LogP contribution in [0.15, 0.2) is 54.6 Å². The van der Waals surface area contributed by atoms with Crippen molar-refractivity contribution in [3.8, 4) is 11.1 Å². The Bertz CT molecular complexity index is 639. The predicted molar refractivity (Wildman–Crippen MR) is 82.8 cm³/mol. The van der Waals surface area contributed by atoms with Crippen molar-refractivity contribution in [3.05, 3.63) is 60.2 Å². The third-order valence-corrected chi connectivity index (χ3v) is 3.50. The van der Waals surface area contributed by atoms with Gasteiger partial charge in [0.25, 0.3) is 0 Å². The van der Waals surface area contributed by atoms with Crippen LogP contribution in [0.3, 0.4) is 0 Å². The largest absolute Gasteiger partial charge is 0.369 e. The molecule has 0 heterocycles. The maximum absolute atomic E-state index is 11.4. The van der Waals surface area contributed by atoms with Gasteiger partial charge in [-0.05, 0) is 23.1 Å². The zero-order valence-corrected chi connectivity index (χ0v) is 12.0. The van der Waals surface area contributed by atoms with E-state index >= 15 is 0 Å². The van der Waals surface area contributed by atoms with E-state index in [1.807, 2.05) is 54.6 Å². The molecule has 0 aromatic heterocycles. The van der Waals surface area contributed by atoms with Gasteiger partial charge in [0.2, 0.25) is 11.8 Å². The summed E-state index contributed by atoms with van der Waals surface area (Å²) in [4.78, 5) is 22.6. The second-order valence-electron chi connectivity index (χ2n) is 5.11. The quantitative estimate of drug-likeness (QED) is 0.561. The maximum atomic E-state index is 11.4. The van der Waals surface area contributed by atoms with Crippen molar-refractivity contribution in [1.82, 2.24) is 5.48 Å². The van der Waals surface area contributed by atoms with Crippen molar-refractivity contribution in [2.24, 2.45) is 11.7 Å². The van der Waals surface area contributed by atoms with E-state index in [9.17, 15) is 9.59 Å². The minimum Gasteiger partial charge on any atom is -0.369 e. The van der Waals surface area contributed by atoms with Crippen molar-refractivity contribution in [1.29, 1.82) is 0 Å². The fraction of sp³-hybridized carbons (Fsp3) is 0.176. The van der Waals surface area contributed by atoms with Crippen molar-refractivity contribution < 1.29 is 14.8 Å². The topological polar surface area (TPSA) is 92.4 Å². The molecule has 2 amide bonds. The van der Waals surface area contributed by atoms with Crippen LogP contribution < -0.4 is 11.2 Å². The fourth-order valence-corrected chi connectivity index (χ4v) is 2.29. The molecule has 114 valence electrons. The number of hydroxylamine groups is 1. The van der Waals surface area contributed by atoms with Crippen LogP contribution in [0.25, 0.3) is 11.1 Å². The van der Waals surface area contributed by atoms with Crippen molar-refractivity contribution in [2.75, 3.05) is 0 Å². The Morgan fingerprint density at radius 3 is 2.14 bits per heavy atom. The van der Waals surface area contributed by atoms with E-state index in [0.29, 0.717) is 6.42 Å². The molecule has 0 aliphatic rings. The first-order valence-corrected chi connectivity index (χ1v) is 6.96. The lowest BCUT2D eigenvalue weighted by Gasteiger charge is -2.12. The number of nitrogens with one attached hydrogen (secondary N) is 1. The molecule has 0 aliphatic heterocycles. The van der Waals surface area contributed by atoms with E-state index in [1.165, 1.54) is 5.48 Å². The van der Waals surface area contributed by atoms with Gasteiger partial charge in [-0.3, -0.25) is 14.8 Å². The lowest BCUT2D eigenvalue weighted by atomic mass is 9.94. The molecule has 0 saturated heterocycles. The highest BCUT2D eigenvalue weighted by Gasteiger charge is 2.19. The molecule has 0 aliphatic carbocycles. The van der Waals surface area contributed by atoms with Crippen molar-refractivity contribution >= 4 is 11.8 Å². The van der Waals surface area contributed by atoms with Gasteiger partial charge >= 0.3 is 0 Å². The molecule has 5 nitrogen and oxygen atoms in total. The van der Waals surface area contributed by atoms with Crippen LogP contribution in [0.4, 0.5) is 0 Å². The Morgan fingerprint density at radius 2 is 1.59 bits per heavy atom. The molecular weight excluding hydrogens is 280 g/mol. The average Bonchev–Trinajstić information content (AvgIpc) is 2.55. The Kier molecular flexibility index (Phi) is 5.27. The van der Waals surface area contributed by atoms with Crippen LogP contribution >= 0.6 is 0 Å². The lowest BCUT2D eigenvalue weighted by molar-refractivity contribution is -0.133. The Morgan fingerprint density at radius 1 is 1.00 bits per heavy atom. The summed E-state index contributed by atoms with van der Waals surface area (Å²) >= 11 is 0. The number of primary amides is 1. The molecule has 1 atom stereocenters. The van der Waals surface area contributed by atoms with Crippen LogP contribution in [0.2, 0.25) is 0 Å². The molecule has 2 rings (SSSR count). The van der Waals surface area contributed by atoms with E-state index in [-0.39, 0.29) is 6.42 Å². The molecule has 2 aromatic rings. The molecule has 0 unspecified atom stereocenters. The minimum atomic E-state index is -0.644. The van der Waals surface area contributed by atoms with E-state index in [1.54, 1.807) is 0 Å². The lowest BCUT2D eigenvalue weighted by Crippen LogP contribution is -2.31. The second kappa shape index (κ2) is 7.38. The van der Waals surface area contributed by atoms with Gasteiger partial charge in [-0.25, -0.2) is 5.48 Å². The number of nitrogens with two attached hydrogens (primary N) is 1. The number of carbonyl (C=O) groups is 2. The molecule has 4 N–H and O–H groups in total. The van der Waals surface area contributed by atoms with E-state index in [2.05, 4.69) is 0 Å². The minimum absolute atomic E-state index is 0.133. The highest BCUT2D eigenvalue weighted by Crippen LogP contribution is 2.21. The van der Waals surface area contributed by atoms with Gasteiger partial charge in [0.1, 0.15) is 0 Å². The van der Waals surface area contributed by atoms with Gasteiger partial charge in [0.05, 0.1) is 5.92 Å². The van der Waals surface area contributed by atoms with Gasteiger partial charge in [0, 0.05) is 6.42 Å². The van der Waals surface area contributed by atoms with Crippen LogP contribution in [0.5, 0.6) is 0 Å². The number of rotatable bonds is 6. The fourth-order valence-electron chi connectivity index (χ4n) is 2.29. The highest BCUT2D eigenvalue weighted by molar-refractivity contribution is 5.84. The van der Waals surface area contributed by atoms with Gasteiger partial charge < -0.3 is 5.73 Å². The number of hydrogen-bond donors (Lipinski definition) is 3. The normalized spacial score (nSPS) is 11.7. The third-order valence-electron chi connectivity index (χ3n) is 3.50. The average molecular weight is 298 g/mol. The van der Waals surface area contributed by atoms with E-state index < -0.39 is 17.7 Å². The van der Waals surface area contributed by atoms with Gasteiger partial charge in [-0.2, -0.15) is 0 Å². The van der Waals surface area contributed by atoms with Gasteiger partial charge in [-0.15, -0.1) is 0 Å². The monoisotopic (exact) mass is 298 g/mol. The van der Waals surface area contributed by atoms with Crippen molar-refractivity contribution in [3.63, 3.8) is 0 Å². The summed E-state index contributed by atoms with van der Waals surface area (Å²) in [6.45, 7) is 0. The molecule has 0 spiro atoms. The molecular formula is C17H18N2O3. The first kappa shape index (κ1) is 15.7. The summed E-state index contributed by atoms with van der Waals surface area (Å²) in [5.74, 6) is -1.82. The van der Waals surface area contributed by atoms with Crippen LogP contribution in [0.1, 0.15) is 12.0 Å². The molecule has 5 heteroatoms. The first-order chi connectivity index (χ1) is 10.6. The molecule has 0 radical (unpaired) electrons. The highest BCUT2D eigenvalue weighted by atomic mass is 16.5. The molecule has 0 bridgehead atoms. The van der Waals surface area contributed by atoms with E-state index in [0.717, 1.165) is 16.7 Å². The molecule has 0 saturated carbocycles. The summed E-state index contributed by atoms with van der Waals surface area (Å²) in [5.41, 5.74) is 9.93. The zero-order chi connectivity index (χ0) is 15.9. The van der Waals surface area contributed by atoms with Gasteiger partial charge in [0.15, 0.2) is 0 Å². The summed E-state index contributed by atoms with van der Waals surface area (Å²) in [6, 6.07) is 17.7. The Labute approximate surface area is 128 Å². The van der Waals surface area contributed by atoms with Crippen LogP contribution in [0, 0.1) is 5.92 Å². The summed E-state index contributed by atoms with van der Waals surface area (Å²) < 4.78 is 0. The molecule has 2 aromatic carbocycles. The summed E-state index contributed by atoms with van der Waals surface area (Å²) in [5, 5.41) is 8.54. The zero-order valence-electron chi connectivity index (χ0n) is 12.0. The molecule has 0 fully saturated rings. The standard InChI is InChI=1S/C17H18N2O3/c18-17(21)15(11-16(20)19-22)10-12-6-8-14(9-7-12)13-4-2-1-3-5-13/h1-9,15,22H,10-11H2,(H2,18,21)(H,19,20)/t15-/m1/s1. The smallest absolute Gasteiger partial charge is 0.244 e.